The lowest BCUT2D eigenvalue weighted by Gasteiger charge is -2.45. The lowest BCUT2D eigenvalue weighted by atomic mass is 9.87. The van der Waals surface area contributed by atoms with Gasteiger partial charge in [0, 0.05) is 25.0 Å². The molecule has 1 unspecified atom stereocenters. The Morgan fingerprint density at radius 3 is 2.43 bits per heavy atom. The smallest absolute Gasteiger partial charge is 0.0847 e. The van der Waals surface area contributed by atoms with Crippen molar-refractivity contribution in [1.82, 2.24) is 20.1 Å². The maximum absolute atomic E-state index is 6.39. The van der Waals surface area contributed by atoms with Crippen LogP contribution in [0.1, 0.15) is 44.5 Å². The van der Waals surface area contributed by atoms with E-state index >= 15 is 0 Å². The Kier molecular flexibility index (Phi) is 5.30. The molecular weight excluding hydrogens is 286 g/mol. The van der Waals surface area contributed by atoms with Crippen molar-refractivity contribution in [2.75, 3.05) is 13.1 Å². The molecule has 0 saturated carbocycles. The van der Waals surface area contributed by atoms with Crippen LogP contribution in [0, 0.1) is 6.92 Å². The minimum atomic E-state index is -0.0172. The number of nitrogens with two attached hydrogens (primary N) is 1. The van der Waals surface area contributed by atoms with E-state index in [-0.39, 0.29) is 11.6 Å². The van der Waals surface area contributed by atoms with Crippen molar-refractivity contribution in [1.29, 1.82) is 0 Å². The molecule has 0 amide bonds. The van der Waals surface area contributed by atoms with E-state index in [1.807, 2.05) is 18.7 Å². The molecule has 1 fully saturated rings. The molecule has 1 aromatic heterocycles. The van der Waals surface area contributed by atoms with E-state index < -0.39 is 0 Å². The van der Waals surface area contributed by atoms with E-state index in [4.69, 9.17) is 17.4 Å². The maximum Gasteiger partial charge on any atom is 0.0847 e. The van der Waals surface area contributed by atoms with Crippen LogP contribution in [0.15, 0.2) is 0 Å². The molecule has 0 spiro atoms. The summed E-state index contributed by atoms with van der Waals surface area (Å²) in [7, 11) is 1.94. The second-order valence-electron chi connectivity index (χ2n) is 6.59. The normalized spacial score (nSPS) is 19.0. The maximum atomic E-state index is 6.39. The Morgan fingerprint density at radius 1 is 1.33 bits per heavy atom. The van der Waals surface area contributed by atoms with Gasteiger partial charge in [-0.2, -0.15) is 5.10 Å². The molecule has 5 nitrogen and oxygen atoms in total. The van der Waals surface area contributed by atoms with Gasteiger partial charge >= 0.3 is 0 Å². The number of likely N-dealkylation sites (tertiary alicyclic amines) is 1. The van der Waals surface area contributed by atoms with Crippen LogP contribution in [0.2, 0.25) is 5.02 Å². The van der Waals surface area contributed by atoms with Crippen molar-refractivity contribution < 1.29 is 0 Å². The third-order valence-corrected chi connectivity index (χ3v) is 5.38. The zero-order valence-corrected chi connectivity index (χ0v) is 14.4. The molecule has 6 heteroatoms. The third-order valence-electron chi connectivity index (χ3n) is 4.88. The molecule has 0 aromatic carbocycles. The number of hydrogen-bond donors (Lipinski definition) is 2. The number of halogens is 1. The topological polar surface area (TPSA) is 59.1 Å². The summed E-state index contributed by atoms with van der Waals surface area (Å²) in [6.45, 7) is 8.75. The van der Waals surface area contributed by atoms with Gasteiger partial charge in [0.05, 0.1) is 16.4 Å². The Hall–Kier alpha value is -0.620. The number of nitrogens with one attached hydrogen (secondary N) is 1. The number of aromatic nitrogens is 2. The van der Waals surface area contributed by atoms with Crippen LogP contribution in [0.25, 0.3) is 0 Å². The van der Waals surface area contributed by atoms with Gasteiger partial charge in [-0.3, -0.25) is 20.9 Å². The summed E-state index contributed by atoms with van der Waals surface area (Å²) in [4.78, 5) is 2.54. The van der Waals surface area contributed by atoms with Gasteiger partial charge in [0.25, 0.3) is 0 Å². The highest BCUT2D eigenvalue weighted by Gasteiger charge is 2.36. The first kappa shape index (κ1) is 16.7. The van der Waals surface area contributed by atoms with E-state index in [0.29, 0.717) is 0 Å². The Bertz CT molecular complexity index is 477. The lowest BCUT2D eigenvalue weighted by molar-refractivity contribution is 0.0605. The molecule has 2 heterocycles. The largest absolute Gasteiger partial charge is 0.297 e. The fourth-order valence-corrected chi connectivity index (χ4v) is 3.54. The van der Waals surface area contributed by atoms with Crippen LogP contribution in [0.3, 0.4) is 0 Å². The summed E-state index contributed by atoms with van der Waals surface area (Å²) < 4.78 is 1.87. The molecule has 3 N–H and O–H groups in total. The van der Waals surface area contributed by atoms with E-state index in [0.717, 1.165) is 35.9 Å². The summed E-state index contributed by atoms with van der Waals surface area (Å²) in [5.41, 5.74) is 4.91. The van der Waals surface area contributed by atoms with Crippen molar-refractivity contribution in [3.05, 3.63) is 16.4 Å². The van der Waals surface area contributed by atoms with Crippen LogP contribution >= 0.6 is 11.6 Å². The lowest BCUT2D eigenvalue weighted by Crippen LogP contribution is -2.61. The molecule has 0 radical (unpaired) electrons. The fraction of sp³-hybridized carbons (Fsp3) is 0.800. The van der Waals surface area contributed by atoms with Crippen molar-refractivity contribution in [2.45, 2.75) is 58.0 Å². The first-order chi connectivity index (χ1) is 9.87. The van der Waals surface area contributed by atoms with Gasteiger partial charge in [0.1, 0.15) is 0 Å². The van der Waals surface area contributed by atoms with E-state index in [1.165, 1.54) is 19.3 Å². The summed E-state index contributed by atoms with van der Waals surface area (Å²) in [6, 6.07) is 0.128. The number of aryl methyl sites for hydroxylation is 2. The van der Waals surface area contributed by atoms with Crippen LogP contribution in [-0.2, 0) is 13.5 Å². The van der Waals surface area contributed by atoms with Gasteiger partial charge in [-0.25, -0.2) is 0 Å². The number of nitrogens with zero attached hydrogens (tertiary/aromatic N) is 3. The molecule has 2 rings (SSSR count). The molecule has 1 aromatic rings. The van der Waals surface area contributed by atoms with Crippen molar-refractivity contribution in [2.24, 2.45) is 12.9 Å². The molecule has 1 saturated heterocycles. The predicted molar refractivity (Wildman–Crippen MR) is 87.3 cm³/mol. The first-order valence-electron chi connectivity index (χ1n) is 7.77. The number of rotatable bonds is 5. The first-order valence-corrected chi connectivity index (χ1v) is 8.15. The minimum absolute atomic E-state index is 0.0172. The monoisotopic (exact) mass is 313 g/mol. The molecule has 21 heavy (non-hydrogen) atoms. The summed E-state index contributed by atoms with van der Waals surface area (Å²) >= 11 is 6.39. The summed E-state index contributed by atoms with van der Waals surface area (Å²) in [6.07, 6.45) is 4.65. The van der Waals surface area contributed by atoms with Gasteiger partial charge in [-0.1, -0.05) is 18.0 Å². The van der Waals surface area contributed by atoms with E-state index in [1.54, 1.807) is 0 Å². The second kappa shape index (κ2) is 6.65. The molecular formula is C15H28ClN5. The summed E-state index contributed by atoms with van der Waals surface area (Å²) in [5, 5.41) is 5.15. The van der Waals surface area contributed by atoms with Crippen LogP contribution in [0.4, 0.5) is 0 Å². The van der Waals surface area contributed by atoms with E-state index in [2.05, 4.69) is 29.3 Å². The van der Waals surface area contributed by atoms with Crippen LogP contribution in [-0.4, -0.2) is 39.4 Å². The van der Waals surface area contributed by atoms with Crippen molar-refractivity contribution >= 4 is 11.6 Å². The molecule has 1 atom stereocenters. The molecule has 0 bridgehead atoms. The number of piperidine rings is 1. The van der Waals surface area contributed by atoms with Gasteiger partial charge in [-0.15, -0.1) is 0 Å². The highest BCUT2D eigenvalue weighted by atomic mass is 35.5. The van der Waals surface area contributed by atoms with Gasteiger partial charge in [0.15, 0.2) is 0 Å². The average molecular weight is 314 g/mol. The van der Waals surface area contributed by atoms with E-state index in [9.17, 15) is 0 Å². The quantitative estimate of drug-likeness (QED) is 0.645. The average Bonchev–Trinajstić information content (AvgIpc) is 2.71. The van der Waals surface area contributed by atoms with Crippen LogP contribution in [0.5, 0.6) is 0 Å². The fourth-order valence-electron chi connectivity index (χ4n) is 3.30. The zero-order chi connectivity index (χ0) is 15.6. The molecule has 1 aliphatic rings. The highest BCUT2D eigenvalue weighted by molar-refractivity contribution is 6.31. The van der Waals surface area contributed by atoms with Crippen molar-refractivity contribution in [3.8, 4) is 0 Å². The molecule has 120 valence electrons. The third kappa shape index (κ3) is 3.42. The predicted octanol–water partition coefficient (Wildman–Crippen LogP) is 2.02. The Labute approximate surface area is 132 Å². The number of hydrogen-bond acceptors (Lipinski definition) is 4. The van der Waals surface area contributed by atoms with Gasteiger partial charge in [0.2, 0.25) is 0 Å². The Morgan fingerprint density at radius 2 is 1.95 bits per heavy atom. The highest BCUT2D eigenvalue weighted by Crippen LogP contribution is 2.28. The van der Waals surface area contributed by atoms with Crippen LogP contribution < -0.4 is 11.3 Å². The van der Waals surface area contributed by atoms with Gasteiger partial charge in [-0.05, 0) is 46.7 Å². The minimum Gasteiger partial charge on any atom is -0.297 e. The SMILES string of the molecule is Cc1nn(C)c(CC(NN)C(C)(C)N2CCCCC2)c1Cl. The van der Waals surface area contributed by atoms with Crippen molar-refractivity contribution in [3.63, 3.8) is 0 Å². The Balaban J connectivity index is 2.18. The molecule has 0 aliphatic carbocycles. The zero-order valence-electron chi connectivity index (χ0n) is 13.6. The standard InChI is InChI=1S/C15H28ClN5/c1-11-14(16)12(20(4)19-11)10-13(18-17)15(2,3)21-8-6-5-7-9-21/h13,18H,5-10,17H2,1-4H3. The molecule has 1 aliphatic heterocycles. The second-order valence-corrected chi connectivity index (χ2v) is 6.97. The van der Waals surface area contributed by atoms with Gasteiger partial charge < -0.3 is 0 Å². The number of hydrazine groups is 1. The summed E-state index contributed by atoms with van der Waals surface area (Å²) in [5.74, 6) is 5.87.